The van der Waals surface area contributed by atoms with Crippen molar-refractivity contribution >= 4 is 5.78 Å². The standard InChI is InChI=1S/C28H31N7O3/c1-34-13-5-6-19(34)16-37-23-14-22(35-17-29-15-18-9-12-30-27(18)35)31-26(32-23)24-20-7-4-11-28(25(20)33-38-24)10-3-2-8-21(28)36/h9,12,14-15,17,19H,2-8,10-11,13,16H2,1H3/t19-,28+/m0/s1. The van der Waals surface area contributed by atoms with Crippen LogP contribution in [0.4, 0.5) is 0 Å². The number of likely N-dealkylation sites (N-methyl/N-ethyl adjacent to an activating group) is 1. The summed E-state index contributed by atoms with van der Waals surface area (Å²) in [6, 6.07) is 4.09. The number of hydrogen-bond donors (Lipinski definition) is 0. The van der Waals surface area contributed by atoms with Crippen LogP contribution in [0.5, 0.6) is 5.88 Å². The Bertz CT molecular complexity index is 1460. The van der Waals surface area contributed by atoms with Gasteiger partial charge in [-0.25, -0.2) is 15.0 Å². The molecular weight excluding hydrogens is 482 g/mol. The summed E-state index contributed by atoms with van der Waals surface area (Å²) in [7, 11) is 2.13. The third-order valence-corrected chi connectivity index (χ3v) is 8.63. The second-order valence-electron chi connectivity index (χ2n) is 10.9. The van der Waals surface area contributed by atoms with Crippen molar-refractivity contribution in [1.29, 1.82) is 0 Å². The highest BCUT2D eigenvalue weighted by Crippen LogP contribution is 2.47. The van der Waals surface area contributed by atoms with E-state index in [1.165, 1.54) is 6.42 Å². The summed E-state index contributed by atoms with van der Waals surface area (Å²) in [6.07, 6.45) is 13.5. The fourth-order valence-electron chi connectivity index (χ4n) is 6.51. The SMILES string of the molecule is CN1CCC[C@H]1COc1cc(-n2cncc3ccnc2-3)nc(-c2onc3c2CCC[C@@]32CCCCC2=O)n1. The van der Waals surface area contributed by atoms with Crippen LogP contribution in [-0.2, 0) is 16.6 Å². The van der Waals surface area contributed by atoms with Gasteiger partial charge in [-0.3, -0.25) is 9.36 Å². The summed E-state index contributed by atoms with van der Waals surface area (Å²) in [5.74, 6) is 3.02. The molecule has 5 heterocycles. The molecular formula is C28H31N7O3. The molecule has 1 saturated carbocycles. The number of aromatic nitrogens is 6. The molecule has 2 atom stereocenters. The van der Waals surface area contributed by atoms with Crippen LogP contribution < -0.4 is 4.74 Å². The molecule has 0 aromatic carbocycles. The number of carbonyl (C=O) groups is 1. The fourth-order valence-corrected chi connectivity index (χ4v) is 6.51. The first-order valence-electron chi connectivity index (χ1n) is 13.6. The van der Waals surface area contributed by atoms with E-state index in [0.717, 1.165) is 74.1 Å². The fraction of sp³-hybridized carbons (Fsp3) is 0.500. The lowest BCUT2D eigenvalue weighted by Gasteiger charge is -2.37. The van der Waals surface area contributed by atoms with Gasteiger partial charge < -0.3 is 14.2 Å². The van der Waals surface area contributed by atoms with E-state index >= 15 is 0 Å². The van der Waals surface area contributed by atoms with Gasteiger partial charge in [-0.1, -0.05) is 11.6 Å². The Labute approximate surface area is 220 Å². The smallest absolute Gasteiger partial charge is 0.219 e. The maximum atomic E-state index is 13.2. The summed E-state index contributed by atoms with van der Waals surface area (Å²) >= 11 is 0. The summed E-state index contributed by atoms with van der Waals surface area (Å²) in [5, 5.41) is 4.50. The highest BCUT2D eigenvalue weighted by atomic mass is 16.5. The molecule has 10 nitrogen and oxygen atoms in total. The maximum Gasteiger partial charge on any atom is 0.219 e. The van der Waals surface area contributed by atoms with E-state index in [2.05, 4.69) is 27.1 Å². The lowest BCUT2D eigenvalue weighted by Crippen LogP contribution is -2.41. The van der Waals surface area contributed by atoms with E-state index in [4.69, 9.17) is 19.2 Å². The van der Waals surface area contributed by atoms with E-state index < -0.39 is 5.41 Å². The molecule has 0 amide bonds. The number of fused-ring (bicyclic) bond motifs is 3. The van der Waals surface area contributed by atoms with Gasteiger partial charge in [0.15, 0.2) is 0 Å². The predicted molar refractivity (Wildman–Crippen MR) is 138 cm³/mol. The first-order chi connectivity index (χ1) is 18.6. The van der Waals surface area contributed by atoms with Crippen molar-refractivity contribution in [2.45, 2.75) is 69.2 Å². The maximum absolute atomic E-state index is 13.2. The van der Waals surface area contributed by atoms with Gasteiger partial charge in [0.05, 0.1) is 5.41 Å². The lowest BCUT2D eigenvalue weighted by atomic mass is 9.64. The number of likely N-dealkylation sites (tertiary alicyclic amines) is 1. The Kier molecular flexibility index (Phi) is 5.72. The van der Waals surface area contributed by atoms with Crippen LogP contribution in [0.3, 0.4) is 0 Å². The molecule has 1 spiro atoms. The van der Waals surface area contributed by atoms with Crippen molar-refractivity contribution in [3.05, 3.63) is 42.1 Å². The normalized spacial score (nSPS) is 23.8. The minimum absolute atomic E-state index is 0.291. The van der Waals surface area contributed by atoms with E-state index in [1.807, 2.05) is 16.7 Å². The molecule has 1 saturated heterocycles. The van der Waals surface area contributed by atoms with E-state index in [1.54, 1.807) is 18.7 Å². The van der Waals surface area contributed by atoms with Crippen LogP contribution in [-0.4, -0.2) is 66.6 Å². The summed E-state index contributed by atoms with van der Waals surface area (Å²) in [4.78, 5) is 34.1. The zero-order valence-electron chi connectivity index (χ0n) is 21.6. The zero-order valence-corrected chi connectivity index (χ0v) is 21.6. The zero-order chi connectivity index (χ0) is 25.7. The average molecular weight is 514 g/mol. The van der Waals surface area contributed by atoms with Crippen LogP contribution in [0.2, 0.25) is 0 Å². The van der Waals surface area contributed by atoms with E-state index in [9.17, 15) is 4.79 Å². The van der Waals surface area contributed by atoms with Crippen molar-refractivity contribution < 1.29 is 14.1 Å². The molecule has 2 fully saturated rings. The monoisotopic (exact) mass is 513 g/mol. The predicted octanol–water partition coefficient (Wildman–Crippen LogP) is 4.01. The van der Waals surface area contributed by atoms with Crippen molar-refractivity contribution in [3.8, 4) is 34.7 Å². The Balaban J connectivity index is 1.32. The van der Waals surface area contributed by atoms with Crippen LogP contribution >= 0.6 is 0 Å². The number of carbonyl (C=O) groups excluding carboxylic acids is 1. The number of ketones is 1. The van der Waals surface area contributed by atoms with Crippen LogP contribution in [0.25, 0.3) is 28.8 Å². The molecule has 10 heteroatoms. The van der Waals surface area contributed by atoms with Crippen molar-refractivity contribution in [1.82, 2.24) is 34.6 Å². The average Bonchev–Trinajstić information content (AvgIpc) is 3.69. The van der Waals surface area contributed by atoms with Crippen LogP contribution in [0, 0.1) is 0 Å². The number of nitrogens with zero attached hydrogens (tertiary/aromatic N) is 7. The molecule has 196 valence electrons. The second kappa shape index (κ2) is 9.27. The van der Waals surface area contributed by atoms with E-state index in [0.29, 0.717) is 48.1 Å². The van der Waals surface area contributed by atoms with Gasteiger partial charge in [-0.15, -0.1) is 0 Å². The third-order valence-electron chi connectivity index (χ3n) is 8.63. The van der Waals surface area contributed by atoms with Gasteiger partial charge in [0.1, 0.15) is 36.1 Å². The Morgan fingerprint density at radius 2 is 2.08 bits per heavy atom. The molecule has 2 aromatic rings. The Hall–Kier alpha value is -3.66. The van der Waals surface area contributed by atoms with Crippen LogP contribution in [0.1, 0.15) is 62.6 Å². The molecule has 2 aromatic heterocycles. The van der Waals surface area contributed by atoms with Gasteiger partial charge in [0, 0.05) is 42.0 Å². The largest absolute Gasteiger partial charge is 0.476 e. The van der Waals surface area contributed by atoms with Gasteiger partial charge in [-0.05, 0) is 64.6 Å². The number of hydrogen-bond acceptors (Lipinski definition) is 9. The van der Waals surface area contributed by atoms with Gasteiger partial charge in [-0.2, -0.15) is 4.98 Å². The first-order valence-corrected chi connectivity index (χ1v) is 13.6. The molecule has 0 unspecified atom stereocenters. The molecule has 0 bridgehead atoms. The molecule has 0 radical (unpaired) electrons. The second-order valence-corrected chi connectivity index (χ2v) is 10.9. The minimum atomic E-state index is -0.527. The highest BCUT2D eigenvalue weighted by Gasteiger charge is 2.48. The van der Waals surface area contributed by atoms with Gasteiger partial charge in [0.25, 0.3) is 0 Å². The van der Waals surface area contributed by atoms with Crippen molar-refractivity contribution in [3.63, 3.8) is 0 Å². The molecule has 2 aliphatic carbocycles. The molecule has 3 aliphatic heterocycles. The summed E-state index contributed by atoms with van der Waals surface area (Å²) < 4.78 is 14.1. The molecule has 38 heavy (non-hydrogen) atoms. The Morgan fingerprint density at radius 1 is 1.16 bits per heavy atom. The van der Waals surface area contributed by atoms with Gasteiger partial charge >= 0.3 is 0 Å². The molecule has 5 aliphatic rings. The highest BCUT2D eigenvalue weighted by molar-refractivity contribution is 5.91. The third kappa shape index (κ3) is 3.81. The summed E-state index contributed by atoms with van der Waals surface area (Å²) in [5.41, 5.74) is 2.14. The topological polar surface area (TPSA) is 112 Å². The number of ether oxygens (including phenoxy) is 1. The first kappa shape index (κ1) is 23.5. The van der Waals surface area contributed by atoms with Crippen molar-refractivity contribution in [2.24, 2.45) is 0 Å². The lowest BCUT2D eigenvalue weighted by molar-refractivity contribution is -0.127. The summed E-state index contributed by atoms with van der Waals surface area (Å²) in [6.45, 7) is 1.62. The number of Topliss-reactive ketones (excluding diaryl/α,β-unsaturated/α-hetero) is 1. The quantitative estimate of drug-likeness (QED) is 0.391. The minimum Gasteiger partial charge on any atom is -0.476 e. The molecule has 7 rings (SSSR count). The van der Waals surface area contributed by atoms with Gasteiger partial charge in [0.2, 0.25) is 17.5 Å². The van der Waals surface area contributed by atoms with Crippen LogP contribution in [0.15, 0.2) is 35.4 Å². The number of rotatable bonds is 5. The Morgan fingerprint density at radius 3 is 2.95 bits per heavy atom. The van der Waals surface area contributed by atoms with E-state index in [-0.39, 0.29) is 0 Å². The molecule has 0 N–H and O–H groups in total. The van der Waals surface area contributed by atoms with Crippen molar-refractivity contribution in [2.75, 3.05) is 20.2 Å².